The van der Waals surface area contributed by atoms with Crippen molar-refractivity contribution in [1.82, 2.24) is 0 Å². The van der Waals surface area contributed by atoms with Crippen LogP contribution in [-0.4, -0.2) is 39.5 Å². The minimum absolute atomic E-state index is 0.0727. The number of hydrogen-bond donors (Lipinski definition) is 1. The molecule has 1 aromatic carbocycles. The van der Waals surface area contributed by atoms with Crippen LogP contribution in [0.4, 0.5) is 0 Å². The van der Waals surface area contributed by atoms with Crippen molar-refractivity contribution in [2.24, 2.45) is 0 Å². The van der Waals surface area contributed by atoms with Crippen LogP contribution in [-0.2, 0) is 9.53 Å². The van der Waals surface area contributed by atoms with Crippen LogP contribution in [0.1, 0.15) is 29.2 Å². The molecule has 8 heteroatoms. The van der Waals surface area contributed by atoms with E-state index in [4.69, 9.17) is 23.4 Å². The molecule has 1 N–H and O–H groups in total. The summed E-state index contributed by atoms with van der Waals surface area (Å²) in [5.74, 6) is -0.359. The molecule has 0 spiro atoms. The van der Waals surface area contributed by atoms with Crippen molar-refractivity contribution in [1.29, 1.82) is 0 Å². The number of aromatic hydroxyl groups is 1. The first-order chi connectivity index (χ1) is 12.9. The van der Waals surface area contributed by atoms with E-state index >= 15 is 0 Å². The SMILES string of the molecule is COC(=O)CC(c1cc(OC)c(OC)cc1OC)c1c(O)cc(C)oc1=O. The topological polar surface area (TPSA) is 104 Å². The summed E-state index contributed by atoms with van der Waals surface area (Å²) in [4.78, 5) is 24.4. The second-order valence-corrected chi connectivity index (χ2v) is 5.73. The van der Waals surface area contributed by atoms with Crippen LogP contribution in [0.15, 0.2) is 27.4 Å². The highest BCUT2D eigenvalue weighted by atomic mass is 16.5. The maximum absolute atomic E-state index is 12.4. The van der Waals surface area contributed by atoms with E-state index in [1.54, 1.807) is 12.1 Å². The van der Waals surface area contributed by atoms with Gasteiger partial charge in [-0.2, -0.15) is 0 Å². The molecule has 27 heavy (non-hydrogen) atoms. The summed E-state index contributed by atoms with van der Waals surface area (Å²) < 4.78 is 25.8. The molecule has 0 bridgehead atoms. The lowest BCUT2D eigenvalue weighted by Gasteiger charge is -2.21. The highest BCUT2D eigenvalue weighted by molar-refractivity contribution is 5.72. The number of hydrogen-bond acceptors (Lipinski definition) is 8. The molecule has 1 unspecified atom stereocenters. The van der Waals surface area contributed by atoms with Gasteiger partial charge in [-0.25, -0.2) is 4.79 Å². The van der Waals surface area contributed by atoms with Crippen molar-refractivity contribution in [3.05, 3.63) is 45.5 Å². The normalized spacial score (nSPS) is 11.6. The third kappa shape index (κ3) is 4.16. The number of carbonyl (C=O) groups is 1. The van der Waals surface area contributed by atoms with Crippen LogP contribution in [0.3, 0.4) is 0 Å². The summed E-state index contributed by atoms with van der Waals surface area (Å²) in [6, 6.07) is 4.48. The number of methoxy groups -OCH3 is 4. The van der Waals surface area contributed by atoms with Gasteiger partial charge in [0.05, 0.1) is 40.4 Å². The van der Waals surface area contributed by atoms with Crippen LogP contribution in [0.2, 0.25) is 0 Å². The predicted octanol–water partition coefficient (Wildman–Crippen LogP) is 2.37. The zero-order chi connectivity index (χ0) is 20.1. The molecule has 8 nitrogen and oxygen atoms in total. The number of carbonyl (C=O) groups excluding carboxylic acids is 1. The smallest absolute Gasteiger partial charge is 0.343 e. The standard InChI is InChI=1S/C19H22O8/c1-10-6-13(20)18(19(22)27-10)12(8-17(21)26-5)11-7-15(24-3)16(25-4)9-14(11)23-2/h6-7,9,12,20H,8H2,1-5H3. The molecule has 0 fully saturated rings. The van der Waals surface area contributed by atoms with Gasteiger partial charge >= 0.3 is 11.6 Å². The summed E-state index contributed by atoms with van der Waals surface area (Å²) in [5.41, 5.74) is -0.387. The average Bonchev–Trinajstić information content (AvgIpc) is 2.64. The van der Waals surface area contributed by atoms with Crippen molar-refractivity contribution in [3.63, 3.8) is 0 Å². The van der Waals surface area contributed by atoms with Crippen molar-refractivity contribution in [2.45, 2.75) is 19.3 Å². The lowest BCUT2D eigenvalue weighted by molar-refractivity contribution is -0.140. The van der Waals surface area contributed by atoms with E-state index in [-0.39, 0.29) is 23.5 Å². The molecule has 0 aliphatic carbocycles. The van der Waals surface area contributed by atoms with Crippen LogP contribution < -0.4 is 19.8 Å². The van der Waals surface area contributed by atoms with Gasteiger partial charge < -0.3 is 28.5 Å². The van der Waals surface area contributed by atoms with Gasteiger partial charge in [0.2, 0.25) is 0 Å². The quantitative estimate of drug-likeness (QED) is 0.732. The van der Waals surface area contributed by atoms with Gasteiger partial charge in [-0.15, -0.1) is 0 Å². The van der Waals surface area contributed by atoms with E-state index in [9.17, 15) is 14.7 Å². The number of rotatable bonds is 7. The van der Waals surface area contributed by atoms with Gasteiger partial charge in [-0.05, 0) is 13.0 Å². The Bertz CT molecular complexity index is 884. The number of esters is 1. The third-order valence-corrected chi connectivity index (χ3v) is 4.15. The maximum atomic E-state index is 12.4. The molecule has 1 aromatic heterocycles. The van der Waals surface area contributed by atoms with Crippen LogP contribution >= 0.6 is 0 Å². The molecule has 0 aliphatic heterocycles. The molecule has 0 aliphatic rings. The van der Waals surface area contributed by atoms with Crippen LogP contribution in [0.25, 0.3) is 0 Å². The number of ether oxygens (including phenoxy) is 4. The first kappa shape index (κ1) is 20.2. The predicted molar refractivity (Wildman–Crippen MR) is 96.0 cm³/mol. The van der Waals surface area contributed by atoms with E-state index < -0.39 is 17.5 Å². The monoisotopic (exact) mass is 378 g/mol. The van der Waals surface area contributed by atoms with E-state index in [0.29, 0.717) is 22.8 Å². The van der Waals surface area contributed by atoms with Gasteiger partial charge in [-0.1, -0.05) is 0 Å². The van der Waals surface area contributed by atoms with Gasteiger partial charge in [0.25, 0.3) is 0 Å². The molecule has 1 heterocycles. The first-order valence-corrected chi connectivity index (χ1v) is 8.06. The van der Waals surface area contributed by atoms with Crippen molar-refractivity contribution in [3.8, 4) is 23.0 Å². The summed E-state index contributed by atoms with van der Waals surface area (Å²) in [6.07, 6.45) is -0.219. The molecule has 0 saturated carbocycles. The summed E-state index contributed by atoms with van der Waals surface area (Å²) >= 11 is 0. The van der Waals surface area contributed by atoms with Crippen LogP contribution in [0.5, 0.6) is 23.0 Å². The Morgan fingerprint density at radius 1 is 1.04 bits per heavy atom. The van der Waals surface area contributed by atoms with Crippen molar-refractivity contribution in [2.75, 3.05) is 28.4 Å². The Balaban J connectivity index is 2.76. The molecule has 2 aromatic rings. The Hall–Kier alpha value is -3.16. The van der Waals surface area contributed by atoms with E-state index in [1.165, 1.54) is 41.4 Å². The fourth-order valence-electron chi connectivity index (χ4n) is 2.87. The highest BCUT2D eigenvalue weighted by Gasteiger charge is 2.30. The summed E-state index contributed by atoms with van der Waals surface area (Å²) in [6.45, 7) is 1.54. The Kier molecular flexibility index (Phi) is 6.33. The largest absolute Gasteiger partial charge is 0.507 e. The second kappa shape index (κ2) is 8.48. The molecule has 146 valence electrons. The average molecular weight is 378 g/mol. The third-order valence-electron chi connectivity index (χ3n) is 4.15. The highest BCUT2D eigenvalue weighted by Crippen LogP contribution is 2.42. The Morgan fingerprint density at radius 2 is 1.63 bits per heavy atom. The van der Waals surface area contributed by atoms with E-state index in [0.717, 1.165) is 0 Å². The Morgan fingerprint density at radius 3 is 2.15 bits per heavy atom. The molecule has 0 saturated heterocycles. The number of aryl methyl sites for hydroxylation is 1. The molecular formula is C19H22O8. The van der Waals surface area contributed by atoms with Crippen molar-refractivity contribution >= 4 is 5.97 Å². The molecular weight excluding hydrogens is 356 g/mol. The van der Waals surface area contributed by atoms with Gasteiger partial charge in [0, 0.05) is 23.6 Å². The van der Waals surface area contributed by atoms with Gasteiger partial charge in [0.15, 0.2) is 11.5 Å². The van der Waals surface area contributed by atoms with E-state index in [2.05, 4.69) is 0 Å². The van der Waals surface area contributed by atoms with Gasteiger partial charge in [-0.3, -0.25) is 4.79 Å². The molecule has 1 atom stereocenters. The fourth-order valence-corrected chi connectivity index (χ4v) is 2.87. The lowest BCUT2D eigenvalue weighted by atomic mass is 9.87. The minimum Gasteiger partial charge on any atom is -0.507 e. The first-order valence-electron chi connectivity index (χ1n) is 8.06. The minimum atomic E-state index is -0.885. The zero-order valence-electron chi connectivity index (χ0n) is 15.8. The number of benzene rings is 1. The molecule has 0 radical (unpaired) electrons. The maximum Gasteiger partial charge on any atom is 0.343 e. The van der Waals surface area contributed by atoms with E-state index in [1.807, 2.05) is 0 Å². The summed E-state index contributed by atoms with van der Waals surface area (Å²) in [5, 5.41) is 10.4. The second-order valence-electron chi connectivity index (χ2n) is 5.73. The Labute approximate surface area is 156 Å². The summed E-state index contributed by atoms with van der Waals surface area (Å²) in [7, 11) is 5.62. The molecule has 2 rings (SSSR count). The molecule has 0 amide bonds. The fraction of sp³-hybridized carbons (Fsp3) is 0.368. The van der Waals surface area contributed by atoms with Crippen molar-refractivity contribution < 1.29 is 33.3 Å². The zero-order valence-corrected chi connectivity index (χ0v) is 15.8. The van der Waals surface area contributed by atoms with Crippen LogP contribution in [0, 0.1) is 6.92 Å². The lowest BCUT2D eigenvalue weighted by Crippen LogP contribution is -2.19. The van der Waals surface area contributed by atoms with Gasteiger partial charge in [0.1, 0.15) is 17.3 Å².